The summed E-state index contributed by atoms with van der Waals surface area (Å²) in [6.07, 6.45) is 2.09. The highest BCUT2D eigenvalue weighted by molar-refractivity contribution is 7.92. The molecule has 156 valence electrons. The minimum absolute atomic E-state index is 0.0114. The number of sulfonamides is 1. The number of benzene rings is 2. The molecule has 4 rings (SSSR count). The summed E-state index contributed by atoms with van der Waals surface area (Å²) < 4.78 is 30.4. The Morgan fingerprint density at radius 1 is 1.23 bits per heavy atom. The van der Waals surface area contributed by atoms with E-state index in [2.05, 4.69) is 20.2 Å². The molecule has 0 spiro atoms. The molecule has 0 radical (unpaired) electrons. The molecular formula is C20H21N5O3S2. The number of aryl methyl sites for hydroxylation is 1. The Labute approximate surface area is 179 Å². The van der Waals surface area contributed by atoms with E-state index in [4.69, 9.17) is 12.2 Å². The number of hydrogen-bond acceptors (Lipinski definition) is 5. The van der Waals surface area contributed by atoms with Crippen molar-refractivity contribution in [3.8, 4) is 0 Å². The molecular weight excluding hydrogens is 422 g/mol. The van der Waals surface area contributed by atoms with E-state index in [1.54, 1.807) is 30.3 Å². The van der Waals surface area contributed by atoms with Crippen molar-refractivity contribution in [3.05, 3.63) is 70.3 Å². The molecule has 10 heteroatoms. The molecule has 0 unspecified atom stereocenters. The van der Waals surface area contributed by atoms with Gasteiger partial charge in [0.25, 0.3) is 15.9 Å². The highest BCUT2D eigenvalue weighted by atomic mass is 32.2. The minimum atomic E-state index is -3.82. The van der Waals surface area contributed by atoms with Crippen molar-refractivity contribution in [1.82, 2.24) is 20.1 Å². The smallest absolute Gasteiger partial charge is 0.261 e. The quantitative estimate of drug-likeness (QED) is 0.486. The molecule has 1 amide bonds. The monoisotopic (exact) mass is 443 g/mol. The highest BCUT2D eigenvalue weighted by Crippen LogP contribution is 2.35. The first-order valence-electron chi connectivity index (χ1n) is 9.47. The Bertz CT molecular complexity index is 1260. The van der Waals surface area contributed by atoms with Crippen molar-refractivity contribution in [2.75, 3.05) is 4.72 Å². The summed E-state index contributed by atoms with van der Waals surface area (Å²) in [5, 5.41) is 9.72. The second-order valence-corrected chi connectivity index (χ2v) is 9.30. The first-order chi connectivity index (χ1) is 14.3. The number of amides is 1. The third-order valence-corrected chi connectivity index (χ3v) is 6.44. The fraction of sp³-hybridized carbons (Fsp3) is 0.250. The summed E-state index contributed by atoms with van der Waals surface area (Å²) in [6, 6.07) is 13.3. The molecule has 0 aliphatic heterocycles. The Morgan fingerprint density at radius 3 is 2.73 bits per heavy atom. The lowest BCUT2D eigenvalue weighted by atomic mass is 10.2. The standard InChI is InChI=1S/C20H21N5O3S2/c1-13-4-2-6-15(10-13)24-30(27,28)17-7-3-5-14(11-17)19(26)21-12-18-22-23-20(29)25(18)16-8-9-16/h2-7,10-11,16,24H,8-9,12H2,1H3,(H,21,26)(H,23,29). The maximum Gasteiger partial charge on any atom is 0.261 e. The van der Waals surface area contributed by atoms with E-state index >= 15 is 0 Å². The van der Waals surface area contributed by atoms with Gasteiger partial charge in [-0.25, -0.2) is 8.42 Å². The normalized spacial score (nSPS) is 13.8. The van der Waals surface area contributed by atoms with Crippen LogP contribution in [0.2, 0.25) is 0 Å². The average Bonchev–Trinajstić information content (AvgIpc) is 3.48. The van der Waals surface area contributed by atoms with Crippen LogP contribution < -0.4 is 10.0 Å². The third kappa shape index (κ3) is 4.44. The number of carbonyl (C=O) groups excluding carboxylic acids is 1. The van der Waals surface area contributed by atoms with Gasteiger partial charge in [0, 0.05) is 17.3 Å². The largest absolute Gasteiger partial charge is 0.345 e. The fourth-order valence-corrected chi connectivity index (χ4v) is 4.55. The molecule has 30 heavy (non-hydrogen) atoms. The lowest BCUT2D eigenvalue weighted by Crippen LogP contribution is -2.25. The van der Waals surface area contributed by atoms with Gasteiger partial charge < -0.3 is 5.32 Å². The molecule has 1 fully saturated rings. The van der Waals surface area contributed by atoms with Crippen molar-refractivity contribution in [1.29, 1.82) is 0 Å². The van der Waals surface area contributed by atoms with Crippen LogP contribution in [0.4, 0.5) is 5.69 Å². The van der Waals surface area contributed by atoms with Crippen molar-refractivity contribution < 1.29 is 13.2 Å². The highest BCUT2D eigenvalue weighted by Gasteiger charge is 2.27. The van der Waals surface area contributed by atoms with Crippen molar-refractivity contribution in [3.63, 3.8) is 0 Å². The summed E-state index contributed by atoms with van der Waals surface area (Å²) in [5.41, 5.74) is 1.65. The zero-order chi connectivity index (χ0) is 21.3. The van der Waals surface area contributed by atoms with Crippen LogP contribution in [0.25, 0.3) is 0 Å². The number of H-pyrrole nitrogens is 1. The lowest BCUT2D eigenvalue weighted by molar-refractivity contribution is 0.0949. The van der Waals surface area contributed by atoms with Crippen LogP contribution in [0.3, 0.4) is 0 Å². The Morgan fingerprint density at radius 2 is 2.00 bits per heavy atom. The number of aromatic nitrogens is 3. The lowest BCUT2D eigenvalue weighted by Gasteiger charge is -2.10. The predicted molar refractivity (Wildman–Crippen MR) is 115 cm³/mol. The number of carbonyl (C=O) groups is 1. The topological polar surface area (TPSA) is 109 Å². The molecule has 1 aromatic heterocycles. The Balaban J connectivity index is 1.48. The van der Waals surface area contributed by atoms with Crippen LogP contribution in [0, 0.1) is 11.7 Å². The Kier molecular flexibility index (Phi) is 5.44. The Hall–Kier alpha value is -2.98. The zero-order valence-corrected chi connectivity index (χ0v) is 17.9. The molecule has 0 saturated heterocycles. The average molecular weight is 444 g/mol. The summed E-state index contributed by atoms with van der Waals surface area (Å²) in [6.45, 7) is 2.07. The van der Waals surface area contributed by atoms with Gasteiger partial charge in [0.1, 0.15) is 0 Å². The summed E-state index contributed by atoms with van der Waals surface area (Å²) in [5.74, 6) is 0.264. The SMILES string of the molecule is Cc1cccc(NS(=O)(=O)c2cccc(C(=O)NCc3n[nH]c(=S)n3C3CC3)c2)c1. The van der Waals surface area contributed by atoms with E-state index in [-0.39, 0.29) is 22.9 Å². The van der Waals surface area contributed by atoms with Gasteiger partial charge in [-0.2, -0.15) is 5.10 Å². The molecule has 1 heterocycles. The van der Waals surface area contributed by atoms with E-state index in [1.165, 1.54) is 12.1 Å². The molecule has 1 saturated carbocycles. The maximum absolute atomic E-state index is 12.7. The number of anilines is 1. The molecule has 8 nitrogen and oxygen atoms in total. The summed E-state index contributed by atoms with van der Waals surface area (Å²) in [7, 11) is -3.82. The van der Waals surface area contributed by atoms with E-state index in [0.717, 1.165) is 18.4 Å². The van der Waals surface area contributed by atoms with Gasteiger partial charge >= 0.3 is 0 Å². The molecule has 1 aliphatic carbocycles. The third-order valence-electron chi connectivity index (χ3n) is 4.77. The van der Waals surface area contributed by atoms with Crippen molar-refractivity contribution in [2.45, 2.75) is 37.2 Å². The predicted octanol–water partition coefficient (Wildman–Crippen LogP) is 3.31. The molecule has 0 bridgehead atoms. The van der Waals surface area contributed by atoms with E-state index in [0.29, 0.717) is 22.3 Å². The second kappa shape index (κ2) is 8.04. The molecule has 3 aromatic rings. The molecule has 0 atom stereocenters. The van der Waals surface area contributed by atoms with Crippen LogP contribution in [0.5, 0.6) is 0 Å². The minimum Gasteiger partial charge on any atom is -0.345 e. The summed E-state index contributed by atoms with van der Waals surface area (Å²) in [4.78, 5) is 12.6. The molecule has 2 aromatic carbocycles. The van der Waals surface area contributed by atoms with Gasteiger partial charge in [-0.1, -0.05) is 18.2 Å². The van der Waals surface area contributed by atoms with Crippen molar-refractivity contribution >= 4 is 33.8 Å². The number of nitrogens with one attached hydrogen (secondary N) is 3. The van der Waals surface area contributed by atoms with E-state index < -0.39 is 10.0 Å². The first-order valence-corrected chi connectivity index (χ1v) is 11.4. The van der Waals surface area contributed by atoms with Crippen LogP contribution >= 0.6 is 12.2 Å². The van der Waals surface area contributed by atoms with Gasteiger partial charge in [0.05, 0.1) is 11.4 Å². The fourth-order valence-electron chi connectivity index (χ4n) is 3.16. The number of rotatable bonds is 7. The van der Waals surface area contributed by atoms with E-state index in [9.17, 15) is 13.2 Å². The van der Waals surface area contributed by atoms with Crippen LogP contribution in [-0.2, 0) is 16.6 Å². The van der Waals surface area contributed by atoms with Crippen LogP contribution in [0.1, 0.15) is 40.6 Å². The summed E-state index contributed by atoms with van der Waals surface area (Å²) >= 11 is 5.24. The van der Waals surface area contributed by atoms with Gasteiger partial charge in [0.2, 0.25) is 0 Å². The van der Waals surface area contributed by atoms with Gasteiger partial charge in [-0.3, -0.25) is 19.2 Å². The first kappa shape index (κ1) is 20.3. The second-order valence-electron chi connectivity index (χ2n) is 7.23. The molecule has 3 N–H and O–H groups in total. The van der Waals surface area contributed by atoms with Gasteiger partial charge in [0.15, 0.2) is 10.6 Å². The number of aromatic amines is 1. The number of nitrogens with zero attached hydrogens (tertiary/aromatic N) is 2. The maximum atomic E-state index is 12.7. The van der Waals surface area contributed by atoms with Crippen LogP contribution in [0.15, 0.2) is 53.4 Å². The van der Waals surface area contributed by atoms with Crippen molar-refractivity contribution in [2.24, 2.45) is 0 Å². The van der Waals surface area contributed by atoms with Gasteiger partial charge in [-0.15, -0.1) is 0 Å². The van der Waals surface area contributed by atoms with E-state index in [1.807, 2.05) is 17.6 Å². The van der Waals surface area contributed by atoms with Crippen LogP contribution in [-0.4, -0.2) is 29.1 Å². The van der Waals surface area contributed by atoms with Gasteiger partial charge in [-0.05, 0) is 67.9 Å². The molecule has 1 aliphatic rings. The zero-order valence-electron chi connectivity index (χ0n) is 16.3. The number of hydrogen-bond donors (Lipinski definition) is 3.